The average Bonchev–Trinajstić information content (AvgIpc) is 2.28. The molecule has 3 N–H and O–H groups in total. The highest BCUT2D eigenvalue weighted by Crippen LogP contribution is 2.26. The first-order chi connectivity index (χ1) is 8.15. The Balaban J connectivity index is 0.00000162. The summed E-state index contributed by atoms with van der Waals surface area (Å²) in [6, 6.07) is 9.94. The lowest BCUT2D eigenvalue weighted by Gasteiger charge is -2.33. The monoisotopic (exact) mass is 268 g/mol. The van der Waals surface area contributed by atoms with E-state index in [9.17, 15) is 4.79 Å². The Morgan fingerprint density at radius 3 is 2.56 bits per heavy atom. The lowest BCUT2D eigenvalue weighted by Crippen LogP contribution is -2.44. The van der Waals surface area contributed by atoms with Crippen molar-refractivity contribution in [3.8, 4) is 0 Å². The molecule has 1 fully saturated rings. The summed E-state index contributed by atoms with van der Waals surface area (Å²) in [6.07, 6.45) is 2.58. The molecular weight excluding hydrogens is 248 g/mol. The van der Waals surface area contributed by atoms with Gasteiger partial charge in [-0.2, -0.15) is 0 Å². The van der Waals surface area contributed by atoms with E-state index >= 15 is 0 Å². The smallest absolute Gasteiger partial charge is 0.222 e. The van der Waals surface area contributed by atoms with E-state index < -0.39 is 0 Å². The Morgan fingerprint density at radius 1 is 1.39 bits per heavy atom. The molecule has 100 valence electrons. The van der Waals surface area contributed by atoms with E-state index in [0.717, 1.165) is 24.3 Å². The van der Waals surface area contributed by atoms with Gasteiger partial charge in [0.1, 0.15) is 0 Å². The van der Waals surface area contributed by atoms with Crippen molar-refractivity contribution in [3.63, 3.8) is 0 Å². The van der Waals surface area contributed by atoms with Crippen LogP contribution in [0.4, 0.5) is 0 Å². The maximum Gasteiger partial charge on any atom is 0.222 e. The van der Waals surface area contributed by atoms with Crippen LogP contribution in [0.1, 0.15) is 37.8 Å². The first-order valence-electron chi connectivity index (χ1n) is 6.25. The lowest BCUT2D eigenvalue weighted by atomic mass is 9.82. The fourth-order valence-corrected chi connectivity index (χ4v) is 2.32. The maximum atomic E-state index is 11.7. The van der Waals surface area contributed by atoms with Crippen LogP contribution in [0.3, 0.4) is 0 Å². The molecule has 0 bridgehead atoms. The number of benzene rings is 1. The molecule has 0 aromatic heterocycles. The molecule has 0 heterocycles. The van der Waals surface area contributed by atoms with Crippen molar-refractivity contribution in [1.82, 2.24) is 5.32 Å². The summed E-state index contributed by atoms with van der Waals surface area (Å²) in [5, 5.41) is 3.03. The van der Waals surface area contributed by atoms with Crippen LogP contribution in [0.15, 0.2) is 30.3 Å². The largest absolute Gasteiger partial charge is 0.353 e. The van der Waals surface area contributed by atoms with E-state index in [4.69, 9.17) is 5.73 Å². The van der Waals surface area contributed by atoms with E-state index in [1.807, 2.05) is 30.3 Å². The molecule has 18 heavy (non-hydrogen) atoms. The minimum absolute atomic E-state index is 0. The van der Waals surface area contributed by atoms with Gasteiger partial charge in [0.25, 0.3) is 0 Å². The summed E-state index contributed by atoms with van der Waals surface area (Å²) in [4.78, 5) is 11.7. The molecule has 0 saturated heterocycles. The van der Waals surface area contributed by atoms with Gasteiger partial charge in [-0.3, -0.25) is 4.79 Å². The van der Waals surface area contributed by atoms with Crippen LogP contribution in [0.25, 0.3) is 0 Å². The van der Waals surface area contributed by atoms with Crippen molar-refractivity contribution in [2.24, 2.45) is 11.7 Å². The molecule has 1 aromatic rings. The SMILES string of the molecule is CC1CC(NC(=O)CC(N)c2ccccc2)C1.Cl. The number of nitrogens with one attached hydrogen (secondary N) is 1. The van der Waals surface area contributed by atoms with Gasteiger partial charge in [-0.15, -0.1) is 12.4 Å². The van der Waals surface area contributed by atoms with Gasteiger partial charge in [-0.25, -0.2) is 0 Å². The standard InChI is InChI=1S/C14H20N2O.ClH/c1-10-7-12(8-10)16-14(17)9-13(15)11-5-3-2-4-6-11;/h2-6,10,12-13H,7-9,15H2,1H3,(H,16,17);1H. The van der Waals surface area contributed by atoms with Gasteiger partial charge in [0.05, 0.1) is 0 Å². The van der Waals surface area contributed by atoms with E-state index in [1.54, 1.807) is 0 Å². The summed E-state index contributed by atoms with van der Waals surface area (Å²) in [5.74, 6) is 0.821. The predicted molar refractivity (Wildman–Crippen MR) is 75.6 cm³/mol. The van der Waals surface area contributed by atoms with Gasteiger partial charge in [-0.05, 0) is 24.3 Å². The minimum atomic E-state index is -0.200. The quantitative estimate of drug-likeness (QED) is 0.881. The van der Waals surface area contributed by atoms with Crippen LogP contribution >= 0.6 is 12.4 Å². The Labute approximate surface area is 115 Å². The second-order valence-corrected chi connectivity index (χ2v) is 5.06. The van der Waals surface area contributed by atoms with Gasteiger partial charge < -0.3 is 11.1 Å². The van der Waals surface area contributed by atoms with Crippen LogP contribution in [0.2, 0.25) is 0 Å². The first-order valence-corrected chi connectivity index (χ1v) is 6.25. The number of nitrogens with two attached hydrogens (primary N) is 1. The average molecular weight is 269 g/mol. The molecule has 4 heteroatoms. The number of hydrogen-bond acceptors (Lipinski definition) is 2. The highest BCUT2D eigenvalue weighted by molar-refractivity contribution is 5.85. The van der Waals surface area contributed by atoms with Crippen LogP contribution in [-0.4, -0.2) is 11.9 Å². The van der Waals surface area contributed by atoms with Crippen molar-refractivity contribution in [2.75, 3.05) is 0 Å². The molecule has 3 nitrogen and oxygen atoms in total. The van der Waals surface area contributed by atoms with Crippen LogP contribution in [-0.2, 0) is 4.79 Å². The normalized spacial score (nSPS) is 23.4. The van der Waals surface area contributed by atoms with E-state index in [0.29, 0.717) is 12.5 Å². The molecule has 1 unspecified atom stereocenters. The molecule has 1 aliphatic rings. The molecule has 1 aromatic carbocycles. The van der Waals surface area contributed by atoms with Gasteiger partial charge in [0, 0.05) is 18.5 Å². The fraction of sp³-hybridized carbons (Fsp3) is 0.500. The van der Waals surface area contributed by atoms with E-state index in [1.165, 1.54) is 0 Å². The number of halogens is 1. The Hall–Kier alpha value is -1.06. The summed E-state index contributed by atoms with van der Waals surface area (Å²) in [5.41, 5.74) is 7.02. The molecule has 0 radical (unpaired) electrons. The second kappa shape index (κ2) is 6.76. The maximum absolute atomic E-state index is 11.7. The third-order valence-corrected chi connectivity index (χ3v) is 3.37. The highest BCUT2D eigenvalue weighted by atomic mass is 35.5. The number of carbonyl (C=O) groups is 1. The first kappa shape index (κ1) is 15.0. The summed E-state index contributed by atoms with van der Waals surface area (Å²) in [6.45, 7) is 2.21. The van der Waals surface area contributed by atoms with Crippen LogP contribution in [0, 0.1) is 5.92 Å². The number of rotatable bonds is 4. The number of amides is 1. The number of carbonyl (C=O) groups excluding carboxylic acids is 1. The third kappa shape index (κ3) is 4.00. The molecule has 1 aliphatic carbocycles. The van der Waals surface area contributed by atoms with Crippen molar-refractivity contribution in [3.05, 3.63) is 35.9 Å². The van der Waals surface area contributed by atoms with Crippen LogP contribution in [0.5, 0.6) is 0 Å². The van der Waals surface area contributed by atoms with Crippen LogP contribution < -0.4 is 11.1 Å². The van der Waals surface area contributed by atoms with Crippen molar-refractivity contribution in [2.45, 2.75) is 38.3 Å². The zero-order chi connectivity index (χ0) is 12.3. The number of hydrogen-bond donors (Lipinski definition) is 2. The van der Waals surface area contributed by atoms with Crippen molar-refractivity contribution < 1.29 is 4.79 Å². The predicted octanol–water partition coefficient (Wildman–Crippen LogP) is 2.41. The molecule has 1 atom stereocenters. The summed E-state index contributed by atoms with van der Waals surface area (Å²) >= 11 is 0. The van der Waals surface area contributed by atoms with Crippen molar-refractivity contribution >= 4 is 18.3 Å². The minimum Gasteiger partial charge on any atom is -0.353 e. The molecule has 2 rings (SSSR count). The Morgan fingerprint density at radius 2 is 2.00 bits per heavy atom. The van der Waals surface area contributed by atoms with Gasteiger partial charge in [-0.1, -0.05) is 37.3 Å². The molecule has 0 aliphatic heterocycles. The summed E-state index contributed by atoms with van der Waals surface area (Å²) < 4.78 is 0. The van der Waals surface area contributed by atoms with E-state index in [-0.39, 0.29) is 24.4 Å². The fourth-order valence-electron chi connectivity index (χ4n) is 2.32. The van der Waals surface area contributed by atoms with E-state index in [2.05, 4.69) is 12.2 Å². The Kier molecular flexibility index (Phi) is 5.63. The van der Waals surface area contributed by atoms with Gasteiger partial charge >= 0.3 is 0 Å². The third-order valence-electron chi connectivity index (χ3n) is 3.37. The molecule has 1 amide bonds. The topological polar surface area (TPSA) is 55.1 Å². The molecule has 1 saturated carbocycles. The zero-order valence-electron chi connectivity index (χ0n) is 10.6. The van der Waals surface area contributed by atoms with Crippen molar-refractivity contribution in [1.29, 1.82) is 0 Å². The van der Waals surface area contributed by atoms with Gasteiger partial charge in [0.15, 0.2) is 0 Å². The van der Waals surface area contributed by atoms with Gasteiger partial charge in [0.2, 0.25) is 5.91 Å². The summed E-state index contributed by atoms with van der Waals surface area (Å²) in [7, 11) is 0. The lowest BCUT2D eigenvalue weighted by molar-refractivity contribution is -0.123. The Bertz CT molecular complexity index is 377. The second-order valence-electron chi connectivity index (χ2n) is 5.06. The molecular formula is C14H21ClN2O. The molecule has 0 spiro atoms. The zero-order valence-corrected chi connectivity index (χ0v) is 11.5. The highest BCUT2D eigenvalue weighted by Gasteiger charge is 2.26.